The van der Waals surface area contributed by atoms with Crippen LogP contribution >= 0.6 is 22.7 Å². The van der Waals surface area contributed by atoms with Crippen LogP contribution in [0.4, 0.5) is 4.79 Å². The Balaban J connectivity index is 0.000000210. The lowest BCUT2D eigenvalue weighted by Crippen LogP contribution is -2.37. The largest absolute Gasteiger partial charge is 0.477 e. The molecule has 50 heavy (non-hydrogen) atoms. The average molecular weight is 713 g/mol. The van der Waals surface area contributed by atoms with Crippen molar-refractivity contribution in [1.29, 1.82) is 0 Å². The van der Waals surface area contributed by atoms with Gasteiger partial charge < -0.3 is 20.5 Å². The molecule has 262 valence electrons. The lowest BCUT2D eigenvalue weighted by atomic mass is 9.86. The first kappa shape index (κ1) is 36.7. The van der Waals surface area contributed by atoms with Crippen molar-refractivity contribution in [3.05, 3.63) is 81.5 Å². The summed E-state index contributed by atoms with van der Waals surface area (Å²) < 4.78 is 5.17. The predicted octanol–water partition coefficient (Wildman–Crippen LogP) is 9.45. The number of hydrogen-bond acceptors (Lipinski definition) is 8. The average Bonchev–Trinajstić information content (AvgIpc) is 3.62. The number of thiophene rings is 2. The third kappa shape index (κ3) is 8.94. The van der Waals surface area contributed by atoms with Gasteiger partial charge in [0.1, 0.15) is 20.1 Å². The highest BCUT2D eigenvalue weighted by Crippen LogP contribution is 2.32. The van der Waals surface area contributed by atoms with Gasteiger partial charge in [-0.25, -0.2) is 19.6 Å². The number of aromatic nitrogens is 2. The number of carbonyl (C=O) groups is 3. The van der Waals surface area contributed by atoms with Gasteiger partial charge in [-0.2, -0.15) is 0 Å². The van der Waals surface area contributed by atoms with E-state index in [1.54, 1.807) is 26.8 Å². The first-order valence-corrected chi connectivity index (χ1v) is 18.1. The molecule has 6 rings (SSSR count). The number of fused-ring (bicyclic) bond motifs is 4. The Morgan fingerprint density at radius 2 is 1.10 bits per heavy atom. The maximum absolute atomic E-state index is 12.5. The number of rotatable bonds is 5. The van der Waals surface area contributed by atoms with E-state index in [4.69, 9.17) is 14.8 Å². The van der Waals surface area contributed by atoms with Gasteiger partial charge in [0.25, 0.3) is 5.91 Å². The molecule has 0 saturated carbocycles. The van der Waals surface area contributed by atoms with Gasteiger partial charge in [-0.1, -0.05) is 53.7 Å². The number of hydrogen-bond donors (Lipinski definition) is 3. The summed E-state index contributed by atoms with van der Waals surface area (Å²) in [6.07, 6.45) is -0.496. The molecule has 2 amide bonds. The maximum Gasteiger partial charge on any atom is 0.407 e. The van der Waals surface area contributed by atoms with Gasteiger partial charge in [0.05, 0.1) is 15.9 Å². The third-order valence-electron chi connectivity index (χ3n) is 7.85. The molecule has 3 N–H and O–H groups in total. The zero-order chi connectivity index (χ0) is 36.6. The summed E-state index contributed by atoms with van der Waals surface area (Å²) in [6.45, 7) is 19.1. The molecule has 0 aliphatic carbocycles. The first-order chi connectivity index (χ1) is 23.3. The second kappa shape index (κ2) is 14.0. The van der Waals surface area contributed by atoms with Gasteiger partial charge in [-0.15, -0.1) is 22.7 Å². The fraction of sp³-hybridized carbons (Fsp3) is 0.359. The number of ether oxygens (including phenoxy) is 1. The molecule has 0 atom stereocenters. The van der Waals surface area contributed by atoms with E-state index in [2.05, 4.69) is 87.5 Å². The normalized spacial score (nSPS) is 12.2. The Bertz CT molecular complexity index is 2230. The van der Waals surface area contributed by atoms with Crippen LogP contribution < -0.4 is 10.6 Å². The van der Waals surface area contributed by atoms with E-state index in [1.807, 2.05) is 24.3 Å². The van der Waals surface area contributed by atoms with Gasteiger partial charge >= 0.3 is 12.1 Å². The summed E-state index contributed by atoms with van der Waals surface area (Å²) in [5.41, 5.74) is 3.94. The number of aromatic carboxylic acids is 1. The number of nitrogens with one attached hydrogen (secondary N) is 2. The molecule has 0 aliphatic rings. The number of benzene rings is 2. The number of amides is 2. The van der Waals surface area contributed by atoms with Crippen LogP contribution in [-0.2, 0) is 15.6 Å². The van der Waals surface area contributed by atoms with Crippen LogP contribution in [0.1, 0.15) is 92.8 Å². The molecule has 9 nitrogen and oxygen atoms in total. The van der Waals surface area contributed by atoms with Crippen LogP contribution in [0, 0.1) is 0 Å². The van der Waals surface area contributed by atoms with Crippen molar-refractivity contribution in [2.45, 2.75) is 78.7 Å². The summed E-state index contributed by atoms with van der Waals surface area (Å²) in [5, 5.41) is 18.5. The van der Waals surface area contributed by atoms with Crippen molar-refractivity contribution in [3.8, 4) is 0 Å². The Hall–Kier alpha value is -4.61. The SMILES string of the molecule is CC(C)(C)OC(=O)NCCNC(=O)c1cc2cc3cc(C(C)(C)C)ccc3nc2s1.CC(C)(C)c1ccc2nc3sc(C(=O)O)cc3cc2c1. The van der Waals surface area contributed by atoms with Crippen LogP contribution in [0.2, 0.25) is 0 Å². The highest BCUT2D eigenvalue weighted by Gasteiger charge is 2.18. The van der Waals surface area contributed by atoms with Crippen LogP contribution in [0.5, 0.6) is 0 Å². The number of nitrogens with zero attached hydrogens (tertiary/aromatic N) is 2. The van der Waals surface area contributed by atoms with E-state index < -0.39 is 17.7 Å². The molecular formula is C39H44N4O5S2. The van der Waals surface area contributed by atoms with Crippen molar-refractivity contribution in [3.63, 3.8) is 0 Å². The summed E-state index contributed by atoms with van der Waals surface area (Å²) in [4.78, 5) is 47.0. The molecule has 4 aromatic heterocycles. The summed E-state index contributed by atoms with van der Waals surface area (Å²) in [6, 6.07) is 20.2. The second-order valence-corrected chi connectivity index (χ2v) is 17.4. The van der Waals surface area contributed by atoms with Gasteiger partial charge in [0.15, 0.2) is 0 Å². The van der Waals surface area contributed by atoms with Crippen LogP contribution in [0.25, 0.3) is 42.2 Å². The molecule has 0 radical (unpaired) electrons. The number of carboxylic acids is 1. The molecule has 0 fully saturated rings. The Kier molecular flexibility index (Phi) is 10.2. The van der Waals surface area contributed by atoms with Crippen molar-refractivity contribution < 1.29 is 24.2 Å². The minimum Gasteiger partial charge on any atom is -0.477 e. The van der Waals surface area contributed by atoms with E-state index in [-0.39, 0.29) is 16.7 Å². The third-order valence-corrected chi connectivity index (χ3v) is 9.92. The predicted molar refractivity (Wildman–Crippen MR) is 205 cm³/mol. The molecule has 6 aromatic rings. The lowest BCUT2D eigenvalue weighted by Gasteiger charge is -2.19. The zero-order valence-corrected chi connectivity index (χ0v) is 31.6. The van der Waals surface area contributed by atoms with Gasteiger partial charge in [0, 0.05) is 34.6 Å². The fourth-order valence-corrected chi connectivity index (χ4v) is 6.96. The van der Waals surface area contributed by atoms with Crippen LogP contribution in [0.3, 0.4) is 0 Å². The molecule has 0 bridgehead atoms. The molecule has 0 unspecified atom stereocenters. The Morgan fingerprint density at radius 3 is 1.56 bits per heavy atom. The highest BCUT2D eigenvalue weighted by molar-refractivity contribution is 7.20. The van der Waals surface area contributed by atoms with Crippen molar-refractivity contribution in [2.75, 3.05) is 13.1 Å². The quantitative estimate of drug-likeness (QED) is 0.152. The summed E-state index contributed by atoms with van der Waals surface area (Å²) in [5.74, 6) is -1.07. The minimum absolute atomic E-state index is 0.0657. The molecular weight excluding hydrogens is 669 g/mol. The maximum atomic E-state index is 12.5. The topological polar surface area (TPSA) is 131 Å². The number of carboxylic acid groups (broad SMARTS) is 1. The van der Waals surface area contributed by atoms with Gasteiger partial charge in [-0.3, -0.25) is 4.79 Å². The second-order valence-electron chi connectivity index (χ2n) is 15.3. The van der Waals surface area contributed by atoms with Gasteiger partial charge in [-0.05, 0) is 91.3 Å². The van der Waals surface area contributed by atoms with E-state index in [9.17, 15) is 14.4 Å². The molecule has 0 saturated heterocycles. The van der Waals surface area contributed by atoms with Crippen molar-refractivity contribution in [2.24, 2.45) is 0 Å². The summed E-state index contributed by atoms with van der Waals surface area (Å²) >= 11 is 2.59. The monoisotopic (exact) mass is 712 g/mol. The number of carbonyl (C=O) groups excluding carboxylic acids is 2. The molecule has 11 heteroatoms. The first-order valence-electron chi connectivity index (χ1n) is 16.4. The molecule has 4 heterocycles. The van der Waals surface area contributed by atoms with Crippen molar-refractivity contribution >= 4 is 82.9 Å². The minimum atomic E-state index is -0.896. The van der Waals surface area contributed by atoms with Gasteiger partial charge in [0.2, 0.25) is 0 Å². The van der Waals surface area contributed by atoms with E-state index in [0.717, 1.165) is 42.2 Å². The number of alkyl carbamates (subject to hydrolysis) is 1. The number of pyridine rings is 2. The Morgan fingerprint density at radius 1 is 0.640 bits per heavy atom. The lowest BCUT2D eigenvalue weighted by molar-refractivity contribution is 0.0526. The molecule has 0 spiro atoms. The smallest absolute Gasteiger partial charge is 0.407 e. The zero-order valence-electron chi connectivity index (χ0n) is 30.0. The van der Waals surface area contributed by atoms with Crippen LogP contribution in [0.15, 0.2) is 60.7 Å². The summed E-state index contributed by atoms with van der Waals surface area (Å²) in [7, 11) is 0. The standard InChI is InChI=1S/C23H29N3O3S.C16H15NO2S/c1-22(2,3)16-7-8-17-14(12-16)11-15-13-18(30-20(15)26-17)19(27)24-9-10-25-21(28)29-23(4,5)6;1-16(2,3)11-4-5-12-9(7-11)6-10-8-13(15(18)19)20-14(10)17-12/h7-8,11-13H,9-10H2,1-6H3,(H,24,27)(H,25,28);4-8H,1-3H3,(H,18,19). The Labute approximate surface area is 300 Å². The fourth-order valence-electron chi connectivity index (χ4n) is 5.16. The highest BCUT2D eigenvalue weighted by atomic mass is 32.1. The van der Waals surface area contributed by atoms with E-state index in [1.165, 1.54) is 33.8 Å². The molecule has 2 aromatic carbocycles. The van der Waals surface area contributed by atoms with E-state index >= 15 is 0 Å². The van der Waals surface area contributed by atoms with E-state index in [0.29, 0.717) is 22.8 Å². The molecule has 0 aliphatic heterocycles. The van der Waals surface area contributed by atoms with Crippen LogP contribution in [-0.4, -0.2) is 51.7 Å². The van der Waals surface area contributed by atoms with Crippen molar-refractivity contribution in [1.82, 2.24) is 20.6 Å².